The molecular weight excluding hydrogens is 523 g/mol. The number of nitrogens with zero attached hydrogens (tertiary/aromatic N) is 2. The van der Waals surface area contributed by atoms with Crippen LogP contribution in [-0.2, 0) is 14.3 Å². The Bertz CT molecular complexity index is 1380. The maximum Gasteiger partial charge on any atom is 0.320 e. The third kappa shape index (κ3) is 6.43. The van der Waals surface area contributed by atoms with Crippen LogP contribution in [0.25, 0.3) is 5.69 Å². The molecule has 0 bridgehead atoms. The molecule has 2 N–H and O–H groups in total. The van der Waals surface area contributed by atoms with Gasteiger partial charge in [0, 0.05) is 30.9 Å². The molecule has 2 amide bonds. The molecule has 1 aliphatic rings. The number of thiophene rings is 1. The average Bonchev–Trinajstić information content (AvgIpc) is 3.47. The van der Waals surface area contributed by atoms with Gasteiger partial charge in [-0.3, -0.25) is 28.6 Å². The molecule has 2 aromatic heterocycles. The first-order valence-electron chi connectivity index (χ1n) is 11.5. The highest BCUT2D eigenvalue weighted by molar-refractivity contribution is 7.18. The lowest BCUT2D eigenvalue weighted by Crippen LogP contribution is -2.43. The van der Waals surface area contributed by atoms with Gasteiger partial charge in [-0.2, -0.15) is 0 Å². The van der Waals surface area contributed by atoms with E-state index in [0.29, 0.717) is 14.9 Å². The predicted molar refractivity (Wildman–Crippen MR) is 138 cm³/mol. The van der Waals surface area contributed by atoms with E-state index in [1.807, 2.05) is 0 Å². The smallest absolute Gasteiger partial charge is 0.320 e. The topological polar surface area (TPSA) is 110 Å². The van der Waals surface area contributed by atoms with Crippen LogP contribution < -0.4 is 16.2 Å². The van der Waals surface area contributed by atoms with Gasteiger partial charge in [0.25, 0.3) is 11.5 Å². The van der Waals surface area contributed by atoms with Crippen LogP contribution in [0.2, 0.25) is 4.34 Å². The third-order valence-corrected chi connectivity index (χ3v) is 7.02. The fourth-order valence-electron chi connectivity index (χ4n) is 4.13. The number of ether oxygens (including phenoxy) is 1. The molecule has 0 saturated carbocycles. The van der Waals surface area contributed by atoms with E-state index < -0.39 is 29.8 Å². The summed E-state index contributed by atoms with van der Waals surface area (Å²) in [6, 6.07) is 10.6. The molecule has 1 saturated heterocycles. The summed E-state index contributed by atoms with van der Waals surface area (Å²) in [6.45, 7) is 1.92. The zero-order chi connectivity index (χ0) is 26.5. The standard InChI is InChI=1S/C25H24ClFN4O5S/c1-2-36-23(33)14-30-13-15(28-25(35)20-8-9-21(26)37-20)11-19(30)24(34)29-18-7-6-16(12-17(18)27)31-10-4-3-5-22(31)32/h3-10,12,15,19H,2,11,13-14H2,1H3,(H,28,35)(H,29,34)/t15-,19?/m0/s1. The lowest BCUT2D eigenvalue weighted by atomic mass is 10.1. The van der Waals surface area contributed by atoms with Crippen LogP contribution in [0.5, 0.6) is 0 Å². The number of halogens is 2. The van der Waals surface area contributed by atoms with Crippen molar-refractivity contribution in [3.8, 4) is 5.69 Å². The van der Waals surface area contributed by atoms with Crippen molar-refractivity contribution in [1.82, 2.24) is 14.8 Å². The minimum Gasteiger partial charge on any atom is -0.465 e. The van der Waals surface area contributed by atoms with Gasteiger partial charge in [-0.25, -0.2) is 4.39 Å². The van der Waals surface area contributed by atoms with E-state index in [-0.39, 0.29) is 43.3 Å². The first-order valence-corrected chi connectivity index (χ1v) is 12.7. The van der Waals surface area contributed by atoms with Crippen molar-refractivity contribution < 1.29 is 23.5 Å². The fourth-order valence-corrected chi connectivity index (χ4v) is 5.08. The van der Waals surface area contributed by atoms with Crippen molar-refractivity contribution >= 4 is 46.4 Å². The number of likely N-dealkylation sites (tertiary alicyclic amines) is 1. The van der Waals surface area contributed by atoms with Gasteiger partial charge < -0.3 is 15.4 Å². The Kier molecular flexibility index (Phi) is 8.37. The number of aromatic nitrogens is 1. The van der Waals surface area contributed by atoms with Crippen LogP contribution in [0, 0.1) is 5.82 Å². The maximum atomic E-state index is 14.9. The summed E-state index contributed by atoms with van der Waals surface area (Å²) >= 11 is 7.05. The number of hydrogen-bond acceptors (Lipinski definition) is 7. The second kappa shape index (κ2) is 11.7. The molecule has 9 nitrogen and oxygen atoms in total. The van der Waals surface area contributed by atoms with E-state index in [9.17, 15) is 23.6 Å². The Labute approximate surface area is 220 Å². The van der Waals surface area contributed by atoms with Crippen molar-refractivity contribution in [2.75, 3.05) is 25.0 Å². The van der Waals surface area contributed by atoms with Gasteiger partial charge in [-0.15, -0.1) is 11.3 Å². The van der Waals surface area contributed by atoms with E-state index in [1.54, 1.807) is 36.1 Å². The molecule has 0 radical (unpaired) electrons. The number of hydrogen-bond donors (Lipinski definition) is 2. The van der Waals surface area contributed by atoms with Crippen LogP contribution in [-0.4, -0.2) is 59.0 Å². The first kappa shape index (κ1) is 26.5. The first-order chi connectivity index (χ1) is 17.7. The fraction of sp³-hybridized carbons (Fsp3) is 0.280. The van der Waals surface area contributed by atoms with E-state index in [0.717, 1.165) is 17.4 Å². The van der Waals surface area contributed by atoms with Crippen LogP contribution in [0.15, 0.2) is 59.5 Å². The van der Waals surface area contributed by atoms with E-state index in [2.05, 4.69) is 10.6 Å². The summed E-state index contributed by atoms with van der Waals surface area (Å²) in [6.07, 6.45) is 1.72. The lowest BCUT2D eigenvalue weighted by molar-refractivity contribution is -0.144. The molecule has 1 aliphatic heterocycles. The van der Waals surface area contributed by atoms with Crippen molar-refractivity contribution in [1.29, 1.82) is 0 Å². The minimum atomic E-state index is -0.822. The van der Waals surface area contributed by atoms with Gasteiger partial charge in [-0.1, -0.05) is 17.7 Å². The summed E-state index contributed by atoms with van der Waals surface area (Å²) < 4.78 is 21.7. The van der Waals surface area contributed by atoms with Crippen LogP contribution >= 0.6 is 22.9 Å². The zero-order valence-electron chi connectivity index (χ0n) is 19.8. The van der Waals surface area contributed by atoms with Gasteiger partial charge >= 0.3 is 5.97 Å². The summed E-state index contributed by atoms with van der Waals surface area (Å²) in [5.41, 5.74) is -0.0888. The van der Waals surface area contributed by atoms with Crippen LogP contribution in [0.3, 0.4) is 0 Å². The summed E-state index contributed by atoms with van der Waals surface area (Å²) in [5, 5.41) is 5.43. The van der Waals surface area contributed by atoms with Gasteiger partial charge in [0.15, 0.2) is 0 Å². The summed E-state index contributed by atoms with van der Waals surface area (Å²) in [5.74, 6) is -2.11. The molecule has 2 atom stereocenters. The second-order valence-electron chi connectivity index (χ2n) is 8.32. The van der Waals surface area contributed by atoms with E-state index >= 15 is 0 Å². The van der Waals surface area contributed by atoms with E-state index in [4.69, 9.17) is 16.3 Å². The molecule has 4 rings (SSSR count). The SMILES string of the molecule is CCOC(=O)CN1C[C@@H](NC(=O)c2ccc(Cl)s2)CC1C(=O)Nc1ccc(-n2ccccc2=O)cc1F. The van der Waals surface area contributed by atoms with Crippen molar-refractivity contribution in [3.05, 3.63) is 80.1 Å². The Morgan fingerprint density at radius 2 is 2.00 bits per heavy atom. The van der Waals surface area contributed by atoms with Gasteiger partial charge in [-0.05, 0) is 43.7 Å². The minimum absolute atomic E-state index is 0.0745. The number of amides is 2. The summed E-state index contributed by atoms with van der Waals surface area (Å²) in [4.78, 5) is 52.0. The number of rotatable bonds is 8. The Morgan fingerprint density at radius 1 is 1.19 bits per heavy atom. The molecule has 1 fully saturated rings. The number of nitrogens with one attached hydrogen (secondary N) is 2. The Hall–Kier alpha value is -3.54. The predicted octanol–water partition coefficient (Wildman–Crippen LogP) is 3.07. The van der Waals surface area contributed by atoms with Crippen LogP contribution in [0.4, 0.5) is 10.1 Å². The molecule has 0 spiro atoms. The molecule has 12 heteroatoms. The number of pyridine rings is 1. The highest BCUT2D eigenvalue weighted by Crippen LogP contribution is 2.25. The molecule has 0 aliphatic carbocycles. The lowest BCUT2D eigenvalue weighted by Gasteiger charge is -2.22. The molecule has 1 unspecified atom stereocenters. The zero-order valence-corrected chi connectivity index (χ0v) is 21.4. The van der Waals surface area contributed by atoms with Crippen molar-refractivity contribution in [3.63, 3.8) is 0 Å². The number of benzene rings is 1. The largest absolute Gasteiger partial charge is 0.465 e. The van der Waals surface area contributed by atoms with Crippen molar-refractivity contribution in [2.45, 2.75) is 25.4 Å². The highest BCUT2D eigenvalue weighted by atomic mass is 35.5. The van der Waals surface area contributed by atoms with Crippen LogP contribution in [0.1, 0.15) is 23.0 Å². The number of anilines is 1. The molecule has 3 heterocycles. The normalized spacial score (nSPS) is 17.4. The molecule has 37 heavy (non-hydrogen) atoms. The Balaban J connectivity index is 1.48. The van der Waals surface area contributed by atoms with Gasteiger partial charge in [0.05, 0.1) is 39.8 Å². The van der Waals surface area contributed by atoms with Crippen molar-refractivity contribution in [2.24, 2.45) is 0 Å². The average molecular weight is 547 g/mol. The second-order valence-corrected chi connectivity index (χ2v) is 10.0. The van der Waals surface area contributed by atoms with Gasteiger partial charge in [0.2, 0.25) is 5.91 Å². The highest BCUT2D eigenvalue weighted by Gasteiger charge is 2.39. The molecule has 1 aromatic carbocycles. The molecule has 3 aromatic rings. The number of carbonyl (C=O) groups is 3. The third-order valence-electron chi connectivity index (χ3n) is 5.79. The monoisotopic (exact) mass is 546 g/mol. The summed E-state index contributed by atoms with van der Waals surface area (Å²) in [7, 11) is 0. The number of carbonyl (C=O) groups excluding carboxylic acids is 3. The van der Waals surface area contributed by atoms with E-state index in [1.165, 1.54) is 29.0 Å². The molecule has 194 valence electrons. The molecular formula is C25H24ClFN4O5S. The maximum absolute atomic E-state index is 14.9. The number of esters is 1. The quantitative estimate of drug-likeness (QED) is 0.420. The van der Waals surface area contributed by atoms with Gasteiger partial charge in [0.1, 0.15) is 5.82 Å². The Morgan fingerprint density at radius 3 is 2.68 bits per heavy atom.